The Balaban J connectivity index is 1.33. The Morgan fingerprint density at radius 2 is 1.71 bits per heavy atom. The predicted octanol–water partition coefficient (Wildman–Crippen LogP) is 6.33. The van der Waals surface area contributed by atoms with Crippen LogP contribution >= 0.6 is 23.1 Å². The molecular weight excluding hydrogens is 485 g/mol. The lowest BCUT2D eigenvalue weighted by Crippen LogP contribution is -2.22. The number of aromatic nitrogens is 1. The second kappa shape index (κ2) is 11.2. The Bertz CT molecular complexity index is 1320. The minimum absolute atomic E-state index is 0.162. The summed E-state index contributed by atoms with van der Waals surface area (Å²) >= 11 is 2.75. The van der Waals surface area contributed by atoms with Crippen LogP contribution in [0, 0.1) is 5.82 Å². The molecule has 0 saturated heterocycles. The highest BCUT2D eigenvalue weighted by Gasteiger charge is 2.17. The maximum absolute atomic E-state index is 13.0. The van der Waals surface area contributed by atoms with Gasteiger partial charge in [-0.05, 0) is 67.6 Å². The summed E-state index contributed by atoms with van der Waals surface area (Å²) in [6, 6.07) is 20.1. The average Bonchev–Trinajstić information content (AvgIpc) is 3.33. The van der Waals surface area contributed by atoms with E-state index in [1.54, 1.807) is 19.2 Å². The van der Waals surface area contributed by atoms with Crippen LogP contribution in [0.5, 0.6) is 5.75 Å². The monoisotopic (exact) mass is 507 g/mol. The maximum Gasteiger partial charge on any atom is 0.255 e. The molecule has 9 heteroatoms. The van der Waals surface area contributed by atoms with Gasteiger partial charge in [0.2, 0.25) is 5.91 Å². The van der Waals surface area contributed by atoms with Crippen LogP contribution in [0.2, 0.25) is 0 Å². The van der Waals surface area contributed by atoms with Crippen LogP contribution in [0.25, 0.3) is 11.3 Å². The molecule has 4 aromatic rings. The van der Waals surface area contributed by atoms with Crippen molar-refractivity contribution in [3.05, 3.63) is 89.6 Å². The van der Waals surface area contributed by atoms with Crippen LogP contribution in [0.3, 0.4) is 0 Å². The zero-order valence-electron chi connectivity index (χ0n) is 18.9. The number of nitrogens with one attached hydrogen (secondary N) is 2. The Morgan fingerprint density at radius 3 is 2.43 bits per heavy atom. The van der Waals surface area contributed by atoms with E-state index in [2.05, 4.69) is 15.6 Å². The Labute approximate surface area is 210 Å². The van der Waals surface area contributed by atoms with Gasteiger partial charge in [0.15, 0.2) is 5.13 Å². The molecule has 178 valence electrons. The number of hydrogen-bond donors (Lipinski definition) is 2. The summed E-state index contributed by atoms with van der Waals surface area (Å²) in [5.41, 5.74) is 2.57. The SMILES string of the molecule is COc1ccccc1-c1csc(NC(=O)C(C)Sc2ccc(NC(=O)c3ccc(F)cc3)cc2)n1. The van der Waals surface area contributed by atoms with Crippen LogP contribution in [0.15, 0.2) is 83.1 Å². The summed E-state index contributed by atoms with van der Waals surface area (Å²) in [5.74, 6) is -0.164. The molecule has 35 heavy (non-hydrogen) atoms. The molecule has 0 fully saturated rings. The number of rotatable bonds is 8. The van der Waals surface area contributed by atoms with Gasteiger partial charge >= 0.3 is 0 Å². The molecular formula is C26H22FN3O3S2. The van der Waals surface area contributed by atoms with E-state index in [0.29, 0.717) is 16.4 Å². The molecule has 0 spiro atoms. The summed E-state index contributed by atoms with van der Waals surface area (Å²) in [6.07, 6.45) is 0. The van der Waals surface area contributed by atoms with Crippen LogP contribution < -0.4 is 15.4 Å². The largest absolute Gasteiger partial charge is 0.496 e. The number of methoxy groups -OCH3 is 1. The minimum atomic E-state index is -0.396. The Morgan fingerprint density at radius 1 is 1.00 bits per heavy atom. The topological polar surface area (TPSA) is 80.3 Å². The second-order valence-corrected chi connectivity index (χ2v) is 9.75. The van der Waals surface area contributed by atoms with Crippen LogP contribution in [-0.2, 0) is 4.79 Å². The number of hydrogen-bond acceptors (Lipinski definition) is 6. The zero-order chi connectivity index (χ0) is 24.8. The molecule has 1 heterocycles. The number of carbonyl (C=O) groups excluding carboxylic acids is 2. The van der Waals surface area contributed by atoms with Gasteiger partial charge in [0.1, 0.15) is 11.6 Å². The van der Waals surface area contributed by atoms with Gasteiger partial charge in [0.25, 0.3) is 5.91 Å². The quantitative estimate of drug-likeness (QED) is 0.273. The number of thioether (sulfide) groups is 1. The molecule has 0 aliphatic carbocycles. The fourth-order valence-corrected chi connectivity index (χ4v) is 4.78. The highest BCUT2D eigenvalue weighted by molar-refractivity contribution is 8.00. The van der Waals surface area contributed by atoms with Crippen molar-refractivity contribution in [2.75, 3.05) is 17.7 Å². The number of benzene rings is 3. The highest BCUT2D eigenvalue weighted by atomic mass is 32.2. The predicted molar refractivity (Wildman–Crippen MR) is 139 cm³/mol. The molecule has 0 aliphatic heterocycles. The minimum Gasteiger partial charge on any atom is -0.496 e. The molecule has 0 radical (unpaired) electrons. The van der Waals surface area contributed by atoms with E-state index in [9.17, 15) is 14.0 Å². The van der Waals surface area contributed by atoms with E-state index in [0.717, 1.165) is 21.9 Å². The number of amides is 2. The number of anilines is 2. The van der Waals surface area contributed by atoms with Gasteiger partial charge in [0.05, 0.1) is 18.1 Å². The number of carbonyl (C=O) groups is 2. The smallest absolute Gasteiger partial charge is 0.255 e. The third-order valence-electron chi connectivity index (χ3n) is 5.02. The van der Waals surface area contributed by atoms with Gasteiger partial charge in [-0.2, -0.15) is 0 Å². The Kier molecular flexibility index (Phi) is 7.79. The van der Waals surface area contributed by atoms with Crippen molar-refractivity contribution in [2.24, 2.45) is 0 Å². The van der Waals surface area contributed by atoms with Crippen LogP contribution in [0.4, 0.5) is 15.2 Å². The Hall–Kier alpha value is -3.69. The van der Waals surface area contributed by atoms with E-state index >= 15 is 0 Å². The lowest BCUT2D eigenvalue weighted by atomic mass is 10.1. The number of ether oxygens (including phenoxy) is 1. The first-order chi connectivity index (χ1) is 16.9. The third kappa shape index (κ3) is 6.26. The summed E-state index contributed by atoms with van der Waals surface area (Å²) in [7, 11) is 1.61. The van der Waals surface area contributed by atoms with Crippen molar-refractivity contribution in [1.29, 1.82) is 0 Å². The molecule has 1 aromatic heterocycles. The van der Waals surface area contributed by atoms with Gasteiger partial charge in [-0.3, -0.25) is 9.59 Å². The fourth-order valence-electron chi connectivity index (χ4n) is 3.20. The lowest BCUT2D eigenvalue weighted by molar-refractivity contribution is -0.115. The van der Waals surface area contributed by atoms with E-state index in [1.807, 2.05) is 48.7 Å². The lowest BCUT2D eigenvalue weighted by Gasteiger charge is -2.11. The molecule has 0 saturated carbocycles. The van der Waals surface area contributed by atoms with Gasteiger partial charge in [-0.15, -0.1) is 23.1 Å². The fraction of sp³-hybridized carbons (Fsp3) is 0.115. The molecule has 2 N–H and O–H groups in total. The van der Waals surface area contributed by atoms with Crippen molar-refractivity contribution < 1.29 is 18.7 Å². The molecule has 0 aliphatic rings. The van der Waals surface area contributed by atoms with E-state index in [1.165, 1.54) is 47.4 Å². The summed E-state index contributed by atoms with van der Waals surface area (Å²) in [5, 5.41) is 7.67. The van der Waals surface area contributed by atoms with Crippen LogP contribution in [-0.4, -0.2) is 29.2 Å². The number of nitrogens with zero attached hydrogens (tertiary/aromatic N) is 1. The highest BCUT2D eigenvalue weighted by Crippen LogP contribution is 2.32. The van der Waals surface area contributed by atoms with Gasteiger partial charge in [0, 0.05) is 27.1 Å². The summed E-state index contributed by atoms with van der Waals surface area (Å²) in [6.45, 7) is 1.82. The third-order valence-corrected chi connectivity index (χ3v) is 6.89. The second-order valence-electron chi connectivity index (χ2n) is 7.47. The van der Waals surface area contributed by atoms with E-state index in [-0.39, 0.29) is 17.1 Å². The molecule has 1 atom stereocenters. The first-order valence-corrected chi connectivity index (χ1v) is 12.4. The first kappa shape index (κ1) is 24.4. The van der Waals surface area contributed by atoms with Gasteiger partial charge in [-0.1, -0.05) is 12.1 Å². The average molecular weight is 508 g/mol. The van der Waals surface area contributed by atoms with Crippen molar-refractivity contribution in [2.45, 2.75) is 17.1 Å². The first-order valence-electron chi connectivity index (χ1n) is 10.7. The zero-order valence-corrected chi connectivity index (χ0v) is 20.6. The molecule has 1 unspecified atom stereocenters. The molecule has 3 aromatic carbocycles. The van der Waals surface area contributed by atoms with Crippen molar-refractivity contribution >= 4 is 45.7 Å². The van der Waals surface area contributed by atoms with Gasteiger partial charge in [-0.25, -0.2) is 9.37 Å². The van der Waals surface area contributed by atoms with Crippen molar-refractivity contribution in [3.8, 4) is 17.0 Å². The molecule has 4 rings (SSSR count). The molecule has 2 amide bonds. The summed E-state index contributed by atoms with van der Waals surface area (Å²) in [4.78, 5) is 30.4. The molecule has 6 nitrogen and oxygen atoms in total. The van der Waals surface area contributed by atoms with Gasteiger partial charge < -0.3 is 15.4 Å². The number of thiazole rings is 1. The maximum atomic E-state index is 13.0. The standard InChI is InChI=1S/C26H22FN3O3S2/c1-16(24(31)30-26-29-22(15-34-26)21-5-3-4-6-23(21)33-2)35-20-13-11-19(12-14-20)28-25(32)17-7-9-18(27)10-8-17/h3-16H,1-2H3,(H,28,32)(H,29,30,31). The van der Waals surface area contributed by atoms with Crippen LogP contribution in [0.1, 0.15) is 17.3 Å². The van der Waals surface area contributed by atoms with E-state index in [4.69, 9.17) is 4.74 Å². The molecule has 0 bridgehead atoms. The number of para-hydroxylation sites is 1. The summed E-state index contributed by atoms with van der Waals surface area (Å²) < 4.78 is 18.4. The van der Waals surface area contributed by atoms with Crippen molar-refractivity contribution in [1.82, 2.24) is 4.98 Å². The van der Waals surface area contributed by atoms with Crippen molar-refractivity contribution in [3.63, 3.8) is 0 Å². The van der Waals surface area contributed by atoms with E-state index < -0.39 is 5.82 Å². The number of halogens is 1. The normalized spacial score (nSPS) is 11.5.